The summed E-state index contributed by atoms with van der Waals surface area (Å²) in [5.41, 5.74) is 2.97. The van der Waals surface area contributed by atoms with E-state index in [2.05, 4.69) is 57.5 Å². The molecule has 0 fully saturated rings. The number of phenolic OH excluding ortho intramolecular Hbond substituents is 1. The zero-order valence-corrected chi connectivity index (χ0v) is 16.8. The molecule has 0 saturated carbocycles. The highest BCUT2D eigenvalue weighted by molar-refractivity contribution is 9.11. The minimum Gasteiger partial charge on any atom is -0.507 e. The van der Waals surface area contributed by atoms with Crippen LogP contribution in [0.25, 0.3) is 6.08 Å². The van der Waals surface area contributed by atoms with E-state index in [1.165, 1.54) is 0 Å². The lowest BCUT2D eigenvalue weighted by atomic mass is 9.78. The number of hydrogen-bond acceptors (Lipinski definition) is 2. The van der Waals surface area contributed by atoms with Gasteiger partial charge in [-0.1, -0.05) is 57.5 Å². The summed E-state index contributed by atoms with van der Waals surface area (Å²) >= 11 is 3.41. The van der Waals surface area contributed by atoms with Crippen LogP contribution in [0.2, 0.25) is 0 Å². The normalized spacial score (nSPS) is 17.4. The van der Waals surface area contributed by atoms with E-state index in [0.29, 0.717) is 11.3 Å². The molecule has 24 heavy (non-hydrogen) atoms. The summed E-state index contributed by atoms with van der Waals surface area (Å²) in [6.07, 6.45) is 7.02. The molecule has 0 saturated heterocycles. The predicted molar refractivity (Wildman–Crippen MR) is 105 cm³/mol. The Morgan fingerprint density at radius 1 is 0.958 bits per heavy atom. The van der Waals surface area contributed by atoms with Crippen molar-refractivity contribution in [3.63, 3.8) is 0 Å². The van der Waals surface area contributed by atoms with Gasteiger partial charge in [-0.3, -0.25) is 4.79 Å². The van der Waals surface area contributed by atoms with Gasteiger partial charge in [0, 0.05) is 21.2 Å². The van der Waals surface area contributed by atoms with Crippen LogP contribution in [0, 0.1) is 0 Å². The minimum atomic E-state index is -0.189. The Bertz CT molecular complexity index is 731. The molecular formula is C21H25BrO2. The maximum atomic E-state index is 12.1. The van der Waals surface area contributed by atoms with E-state index in [1.54, 1.807) is 12.2 Å². The van der Waals surface area contributed by atoms with E-state index in [-0.39, 0.29) is 16.6 Å². The van der Waals surface area contributed by atoms with Crippen molar-refractivity contribution in [2.75, 3.05) is 0 Å². The lowest BCUT2D eigenvalue weighted by molar-refractivity contribution is -0.111. The Morgan fingerprint density at radius 3 is 1.92 bits per heavy atom. The summed E-state index contributed by atoms with van der Waals surface area (Å²) in [5.74, 6) is 0.338. The molecule has 2 nitrogen and oxygen atoms in total. The smallest absolute Gasteiger partial charge is 0.185 e. The molecule has 0 amide bonds. The predicted octanol–water partition coefficient (Wildman–Crippen LogP) is 5.79. The van der Waals surface area contributed by atoms with Crippen molar-refractivity contribution >= 4 is 27.8 Å². The Labute approximate surface area is 153 Å². The quantitative estimate of drug-likeness (QED) is 0.618. The van der Waals surface area contributed by atoms with Gasteiger partial charge in [-0.25, -0.2) is 0 Å². The average Bonchev–Trinajstić information content (AvgIpc) is 2.42. The van der Waals surface area contributed by atoms with Crippen LogP contribution in [0.15, 0.2) is 40.4 Å². The number of halogens is 1. The molecule has 1 aromatic carbocycles. The molecule has 3 heteroatoms. The van der Waals surface area contributed by atoms with Crippen LogP contribution in [0.5, 0.6) is 5.75 Å². The van der Waals surface area contributed by atoms with Gasteiger partial charge in [0.05, 0.1) is 0 Å². The largest absolute Gasteiger partial charge is 0.507 e. The molecule has 128 valence electrons. The molecule has 0 heterocycles. The summed E-state index contributed by atoms with van der Waals surface area (Å²) in [6.45, 7) is 12.5. The van der Waals surface area contributed by atoms with Gasteiger partial charge in [0.25, 0.3) is 0 Å². The number of allylic oxidation sites excluding steroid dienone is 5. The van der Waals surface area contributed by atoms with Crippen molar-refractivity contribution < 1.29 is 9.90 Å². The van der Waals surface area contributed by atoms with Gasteiger partial charge in [0.15, 0.2) is 5.78 Å². The fraction of sp³-hybridized carbons (Fsp3) is 0.381. The maximum absolute atomic E-state index is 12.1. The summed E-state index contributed by atoms with van der Waals surface area (Å²) < 4.78 is 0.874. The molecule has 0 aromatic heterocycles. The van der Waals surface area contributed by atoms with Crippen molar-refractivity contribution in [2.45, 2.75) is 52.4 Å². The van der Waals surface area contributed by atoms with Gasteiger partial charge in [-0.2, -0.15) is 0 Å². The van der Waals surface area contributed by atoms with Crippen molar-refractivity contribution in [3.05, 3.63) is 57.1 Å². The number of rotatable bonds is 1. The van der Waals surface area contributed by atoms with E-state index in [9.17, 15) is 9.90 Å². The van der Waals surface area contributed by atoms with Gasteiger partial charge >= 0.3 is 0 Å². The molecule has 2 rings (SSSR count). The molecule has 1 aliphatic rings. The molecule has 0 unspecified atom stereocenters. The number of carbonyl (C=O) groups is 1. The highest BCUT2D eigenvalue weighted by atomic mass is 79.9. The molecular weight excluding hydrogens is 364 g/mol. The topological polar surface area (TPSA) is 37.3 Å². The van der Waals surface area contributed by atoms with Crippen LogP contribution in [-0.4, -0.2) is 10.9 Å². The molecule has 0 atom stereocenters. The summed E-state index contributed by atoms with van der Waals surface area (Å²) in [4.78, 5) is 12.1. The first-order valence-electron chi connectivity index (χ1n) is 8.09. The summed E-state index contributed by atoms with van der Waals surface area (Å²) in [6, 6.07) is 3.95. The van der Waals surface area contributed by atoms with E-state index >= 15 is 0 Å². The first-order valence-corrected chi connectivity index (χ1v) is 8.88. The van der Waals surface area contributed by atoms with Gasteiger partial charge in [-0.15, -0.1) is 0 Å². The second-order valence-electron chi connectivity index (χ2n) is 8.29. The molecule has 1 aromatic rings. The zero-order valence-electron chi connectivity index (χ0n) is 15.2. The molecule has 1 aliphatic carbocycles. The van der Waals surface area contributed by atoms with E-state index in [0.717, 1.165) is 21.2 Å². The molecule has 0 aliphatic heterocycles. The van der Waals surface area contributed by atoms with Crippen LogP contribution in [0.3, 0.4) is 0 Å². The number of ketones is 1. The third kappa shape index (κ3) is 4.07. The standard InChI is InChI=1S/C21H25BrO2/c1-20(2,3)16-10-13(11-17(19(16)24)21(4,5)6)9-14-12-15(22)7-8-18(14)23/h7-12,24H,1-6H3. The van der Waals surface area contributed by atoms with Crippen molar-refractivity contribution in [1.82, 2.24) is 0 Å². The number of aromatic hydroxyl groups is 1. The average molecular weight is 389 g/mol. The second kappa shape index (κ2) is 6.36. The van der Waals surface area contributed by atoms with E-state index in [1.807, 2.05) is 24.3 Å². The van der Waals surface area contributed by atoms with Gasteiger partial charge in [0.1, 0.15) is 5.75 Å². The number of benzene rings is 1. The second-order valence-corrected chi connectivity index (χ2v) is 9.21. The molecule has 0 spiro atoms. The van der Waals surface area contributed by atoms with Crippen molar-refractivity contribution in [2.24, 2.45) is 0 Å². The van der Waals surface area contributed by atoms with Crippen molar-refractivity contribution in [3.8, 4) is 5.75 Å². The SMILES string of the molecule is CC(C)(C)c1cc(C=C2C=C(Br)C=CC2=O)cc(C(C)(C)C)c1O. The fourth-order valence-corrected chi connectivity index (χ4v) is 3.07. The van der Waals surface area contributed by atoms with Gasteiger partial charge in [0.2, 0.25) is 0 Å². The fourth-order valence-electron chi connectivity index (χ4n) is 2.70. The monoisotopic (exact) mass is 388 g/mol. The number of phenols is 1. The highest BCUT2D eigenvalue weighted by Crippen LogP contribution is 2.40. The van der Waals surface area contributed by atoms with Crippen LogP contribution < -0.4 is 0 Å². The number of carbonyl (C=O) groups excluding carboxylic acids is 1. The zero-order chi connectivity index (χ0) is 18.3. The lowest BCUT2D eigenvalue weighted by Gasteiger charge is -2.28. The lowest BCUT2D eigenvalue weighted by Crippen LogP contribution is -2.17. The molecule has 0 radical (unpaired) electrons. The minimum absolute atomic E-state index is 0.0131. The van der Waals surface area contributed by atoms with Crippen LogP contribution in [-0.2, 0) is 15.6 Å². The maximum Gasteiger partial charge on any atom is 0.185 e. The highest BCUT2D eigenvalue weighted by Gasteiger charge is 2.26. The number of hydrogen-bond donors (Lipinski definition) is 1. The first-order chi connectivity index (χ1) is 10.9. The Kier molecular flexibility index (Phi) is 4.96. The first kappa shape index (κ1) is 18.7. The van der Waals surface area contributed by atoms with Crippen LogP contribution in [0.1, 0.15) is 58.2 Å². The summed E-state index contributed by atoms with van der Waals surface area (Å²) in [7, 11) is 0. The van der Waals surface area contributed by atoms with Gasteiger partial charge in [-0.05, 0) is 52.8 Å². The molecule has 0 bridgehead atoms. The molecule has 1 N–H and O–H groups in total. The Hall–Kier alpha value is -1.61. The Morgan fingerprint density at radius 2 is 1.46 bits per heavy atom. The van der Waals surface area contributed by atoms with Crippen LogP contribution >= 0.6 is 15.9 Å². The van der Waals surface area contributed by atoms with E-state index < -0.39 is 0 Å². The van der Waals surface area contributed by atoms with E-state index in [4.69, 9.17) is 0 Å². The Balaban J connectivity index is 2.68. The van der Waals surface area contributed by atoms with Gasteiger partial charge < -0.3 is 5.11 Å². The van der Waals surface area contributed by atoms with Crippen molar-refractivity contribution in [1.29, 1.82) is 0 Å². The summed E-state index contributed by atoms with van der Waals surface area (Å²) in [5, 5.41) is 10.8. The third-order valence-corrected chi connectivity index (χ3v) is 4.54. The van der Waals surface area contributed by atoms with Crippen LogP contribution in [0.4, 0.5) is 0 Å². The third-order valence-electron chi connectivity index (χ3n) is 4.04.